The summed E-state index contributed by atoms with van der Waals surface area (Å²) in [6, 6.07) is 16.0. The number of carbonyl (C=O) groups is 1. The molecule has 1 amide bonds. The van der Waals surface area contributed by atoms with E-state index in [0.717, 1.165) is 27.6 Å². The summed E-state index contributed by atoms with van der Waals surface area (Å²) in [5.41, 5.74) is 1.45. The van der Waals surface area contributed by atoms with E-state index >= 15 is 0 Å². The molecule has 3 aromatic rings. The summed E-state index contributed by atoms with van der Waals surface area (Å²) in [6.07, 6.45) is -5.70. The van der Waals surface area contributed by atoms with Gasteiger partial charge in [-0.05, 0) is 61.4 Å². The minimum absolute atomic E-state index is 0.0700. The highest BCUT2D eigenvalue weighted by atomic mass is 32.2. The SMILES string of the molecule is Cc1ccc(S(=O)(=O)N2C[C@H](C(=O)NCc3cccc(C(F)(F)F)c3)Oc3ccc(C)cc32)cc1. The second-order valence-corrected chi connectivity index (χ2v) is 10.2. The number of nitrogens with one attached hydrogen (secondary N) is 1. The molecule has 1 N–H and O–H groups in total. The number of nitrogens with zero attached hydrogens (tertiary/aromatic N) is 1. The molecule has 0 spiro atoms. The van der Waals surface area contributed by atoms with Gasteiger partial charge in [-0.2, -0.15) is 13.2 Å². The highest BCUT2D eigenvalue weighted by Gasteiger charge is 2.37. The van der Waals surface area contributed by atoms with E-state index in [4.69, 9.17) is 4.74 Å². The number of hydrogen-bond acceptors (Lipinski definition) is 4. The van der Waals surface area contributed by atoms with Crippen molar-refractivity contribution >= 4 is 21.6 Å². The zero-order valence-electron chi connectivity index (χ0n) is 19.0. The first kappa shape index (κ1) is 24.6. The molecule has 4 rings (SSSR count). The number of alkyl halides is 3. The van der Waals surface area contributed by atoms with E-state index < -0.39 is 33.8 Å². The van der Waals surface area contributed by atoms with Crippen LogP contribution in [0, 0.1) is 13.8 Å². The molecule has 1 aliphatic rings. The maximum atomic E-state index is 13.5. The van der Waals surface area contributed by atoms with Crippen LogP contribution in [0.1, 0.15) is 22.3 Å². The van der Waals surface area contributed by atoms with Gasteiger partial charge in [-0.25, -0.2) is 8.42 Å². The number of benzene rings is 3. The first-order valence-corrected chi connectivity index (χ1v) is 12.2. The van der Waals surface area contributed by atoms with Gasteiger partial charge in [-0.15, -0.1) is 0 Å². The lowest BCUT2D eigenvalue weighted by Gasteiger charge is -2.35. The lowest BCUT2D eigenvalue weighted by Crippen LogP contribution is -2.50. The van der Waals surface area contributed by atoms with Gasteiger partial charge in [0.05, 0.1) is 22.7 Å². The molecule has 0 aliphatic carbocycles. The lowest BCUT2D eigenvalue weighted by atomic mass is 10.1. The second kappa shape index (κ2) is 9.26. The first-order valence-electron chi connectivity index (χ1n) is 10.8. The summed E-state index contributed by atoms with van der Waals surface area (Å²) in [7, 11) is -4.02. The van der Waals surface area contributed by atoms with Crippen LogP contribution in [0.3, 0.4) is 0 Å². The fraction of sp³-hybridized carbons (Fsp3) is 0.240. The summed E-state index contributed by atoms with van der Waals surface area (Å²) in [6.45, 7) is 3.19. The highest BCUT2D eigenvalue weighted by molar-refractivity contribution is 7.92. The smallest absolute Gasteiger partial charge is 0.416 e. The summed E-state index contributed by atoms with van der Waals surface area (Å²) >= 11 is 0. The van der Waals surface area contributed by atoms with Gasteiger partial charge in [0.1, 0.15) is 5.75 Å². The average Bonchev–Trinajstić information content (AvgIpc) is 2.81. The van der Waals surface area contributed by atoms with Gasteiger partial charge in [-0.1, -0.05) is 35.9 Å². The van der Waals surface area contributed by atoms with E-state index in [1.165, 1.54) is 24.3 Å². The van der Waals surface area contributed by atoms with Gasteiger partial charge in [-0.3, -0.25) is 9.10 Å². The average molecular weight is 505 g/mol. The van der Waals surface area contributed by atoms with E-state index in [2.05, 4.69) is 5.32 Å². The Hall–Kier alpha value is -3.53. The van der Waals surface area contributed by atoms with E-state index in [-0.39, 0.29) is 29.3 Å². The van der Waals surface area contributed by atoms with Crippen molar-refractivity contribution in [3.8, 4) is 5.75 Å². The molecule has 0 unspecified atom stereocenters. The maximum Gasteiger partial charge on any atom is 0.416 e. The Morgan fingerprint density at radius 1 is 1.03 bits per heavy atom. The number of rotatable bonds is 5. The summed E-state index contributed by atoms with van der Waals surface area (Å²) < 4.78 is 72.8. The normalized spacial score (nSPS) is 15.8. The van der Waals surface area contributed by atoms with Crippen molar-refractivity contribution in [2.75, 3.05) is 10.8 Å². The number of anilines is 1. The third-order valence-corrected chi connectivity index (χ3v) is 7.40. The second-order valence-electron chi connectivity index (χ2n) is 8.34. The Morgan fingerprint density at radius 3 is 2.40 bits per heavy atom. The summed E-state index contributed by atoms with van der Waals surface area (Å²) in [4.78, 5) is 13.0. The molecule has 184 valence electrons. The van der Waals surface area contributed by atoms with Crippen LogP contribution >= 0.6 is 0 Å². The molecule has 35 heavy (non-hydrogen) atoms. The fourth-order valence-corrected chi connectivity index (χ4v) is 5.19. The Balaban J connectivity index is 1.59. The molecule has 10 heteroatoms. The van der Waals surface area contributed by atoms with Gasteiger partial charge in [0.2, 0.25) is 0 Å². The molecule has 0 saturated carbocycles. The van der Waals surface area contributed by atoms with Gasteiger partial charge in [0, 0.05) is 6.54 Å². The van der Waals surface area contributed by atoms with E-state index in [1.807, 2.05) is 13.8 Å². The molecule has 0 aromatic heterocycles. The van der Waals surface area contributed by atoms with Crippen LogP contribution in [0.2, 0.25) is 0 Å². The molecule has 0 fully saturated rings. The van der Waals surface area contributed by atoms with Crippen molar-refractivity contribution in [2.24, 2.45) is 0 Å². The lowest BCUT2D eigenvalue weighted by molar-refractivity contribution is -0.137. The minimum atomic E-state index is -4.50. The molecule has 1 aliphatic heterocycles. The van der Waals surface area contributed by atoms with Crippen molar-refractivity contribution in [1.82, 2.24) is 5.32 Å². The van der Waals surface area contributed by atoms with Crippen LogP contribution in [0.25, 0.3) is 0 Å². The number of sulfonamides is 1. The molecule has 1 heterocycles. The maximum absolute atomic E-state index is 13.5. The van der Waals surface area contributed by atoms with Crippen LogP contribution in [-0.2, 0) is 27.5 Å². The molecule has 0 saturated heterocycles. The van der Waals surface area contributed by atoms with Crippen molar-refractivity contribution in [2.45, 2.75) is 37.6 Å². The van der Waals surface area contributed by atoms with Gasteiger partial charge in [0.15, 0.2) is 6.10 Å². The number of fused-ring (bicyclic) bond motifs is 1. The van der Waals surface area contributed by atoms with E-state index in [1.54, 1.807) is 30.3 Å². The Bertz CT molecular complexity index is 1360. The first-order chi connectivity index (χ1) is 16.4. The van der Waals surface area contributed by atoms with E-state index in [0.29, 0.717) is 5.69 Å². The monoisotopic (exact) mass is 504 g/mol. The molecular weight excluding hydrogens is 481 g/mol. The third kappa shape index (κ3) is 5.27. The zero-order chi connectivity index (χ0) is 25.4. The van der Waals surface area contributed by atoms with E-state index in [9.17, 15) is 26.4 Å². The number of ether oxygens (including phenoxy) is 1. The topological polar surface area (TPSA) is 75.7 Å². The number of carbonyl (C=O) groups excluding carboxylic acids is 1. The number of aryl methyl sites for hydroxylation is 2. The van der Waals surface area contributed by atoms with Crippen LogP contribution in [-0.4, -0.2) is 27.0 Å². The van der Waals surface area contributed by atoms with Crippen LogP contribution in [0.15, 0.2) is 71.6 Å². The van der Waals surface area contributed by atoms with Crippen molar-refractivity contribution < 1.29 is 31.1 Å². The fourth-order valence-electron chi connectivity index (χ4n) is 3.72. The largest absolute Gasteiger partial charge is 0.476 e. The Kier molecular flexibility index (Phi) is 6.50. The highest BCUT2D eigenvalue weighted by Crippen LogP contribution is 2.38. The molecule has 3 aromatic carbocycles. The molecule has 6 nitrogen and oxygen atoms in total. The van der Waals surface area contributed by atoms with Crippen molar-refractivity contribution in [1.29, 1.82) is 0 Å². The Labute approximate surface area is 201 Å². The summed E-state index contributed by atoms with van der Waals surface area (Å²) in [5, 5.41) is 2.56. The predicted molar refractivity (Wildman–Crippen MR) is 125 cm³/mol. The van der Waals surface area contributed by atoms with Crippen LogP contribution in [0.5, 0.6) is 5.75 Å². The molecule has 0 bridgehead atoms. The number of halogens is 3. The number of hydrogen-bond donors (Lipinski definition) is 1. The van der Waals surface area contributed by atoms with Gasteiger partial charge >= 0.3 is 6.18 Å². The third-order valence-electron chi connectivity index (χ3n) is 5.61. The standard InChI is InChI=1S/C25H23F3N2O4S/c1-16-6-9-20(10-7-16)35(32,33)30-15-23(34-22-11-8-17(2)12-21(22)30)24(31)29-14-18-4-3-5-19(13-18)25(26,27)28/h3-13,23H,14-15H2,1-2H3,(H,29,31)/t23-/m1/s1. The minimum Gasteiger partial charge on any atom is -0.476 e. The zero-order valence-corrected chi connectivity index (χ0v) is 19.8. The number of amides is 1. The van der Waals surface area contributed by atoms with Gasteiger partial charge < -0.3 is 10.1 Å². The molecule has 1 atom stereocenters. The Morgan fingerprint density at radius 2 is 1.71 bits per heavy atom. The van der Waals surface area contributed by atoms with Gasteiger partial charge in [0.25, 0.3) is 15.9 Å². The predicted octanol–water partition coefficient (Wildman–Crippen LogP) is 4.59. The molecule has 0 radical (unpaired) electrons. The van der Waals surface area contributed by atoms with Crippen LogP contribution in [0.4, 0.5) is 18.9 Å². The van der Waals surface area contributed by atoms with Crippen LogP contribution < -0.4 is 14.4 Å². The summed E-state index contributed by atoms with van der Waals surface area (Å²) in [5.74, 6) is -0.422. The molecular formula is C25H23F3N2O4S. The van der Waals surface area contributed by atoms with Crippen molar-refractivity contribution in [3.05, 3.63) is 89.0 Å². The van der Waals surface area contributed by atoms with Crippen molar-refractivity contribution in [3.63, 3.8) is 0 Å². The quantitative estimate of drug-likeness (QED) is 0.551.